The molecule has 2 aliphatic rings. The highest BCUT2D eigenvalue weighted by Crippen LogP contribution is 2.38. The highest BCUT2D eigenvalue weighted by molar-refractivity contribution is 5.73. The molecule has 3 heterocycles. The van der Waals surface area contributed by atoms with Crippen LogP contribution in [0.2, 0.25) is 0 Å². The van der Waals surface area contributed by atoms with Gasteiger partial charge in [0.1, 0.15) is 6.10 Å². The number of unbranched alkanes of at least 4 members (excludes halogenated alkanes) is 1. The number of ether oxygens (including phenoxy) is 1. The first kappa shape index (κ1) is 11.8. The van der Waals surface area contributed by atoms with Gasteiger partial charge >= 0.3 is 5.97 Å². The highest BCUT2D eigenvalue weighted by atomic mass is 16.5. The van der Waals surface area contributed by atoms with Crippen molar-refractivity contribution in [1.29, 1.82) is 0 Å². The summed E-state index contributed by atoms with van der Waals surface area (Å²) >= 11 is 0. The van der Waals surface area contributed by atoms with Gasteiger partial charge in [0.2, 0.25) is 0 Å². The predicted molar refractivity (Wildman–Crippen MR) is 69.5 cm³/mol. The fourth-order valence-electron chi connectivity index (χ4n) is 3.32. The van der Waals surface area contributed by atoms with Gasteiger partial charge in [-0.3, -0.25) is 4.79 Å². The lowest BCUT2D eigenvalue weighted by Gasteiger charge is -2.15. The molecule has 3 rings (SSSR count). The number of aromatic nitrogens is 1. The zero-order chi connectivity index (χ0) is 12.5. The lowest BCUT2D eigenvalue weighted by atomic mass is 9.96. The normalized spacial score (nSPS) is 26.4. The topological polar surface area (TPSA) is 31.2 Å². The maximum atomic E-state index is 11.5. The standard InChI is InChI=1S/C15H21NO2/c1-2-3-5-11-7-8-13-12-10-15(17)18-14(12)6-4-9-16(11)13/h7-8,12,14H,2-6,9-10H2,1H3/t12-,14-/m1/s1. The van der Waals surface area contributed by atoms with Crippen molar-refractivity contribution in [3.8, 4) is 0 Å². The second-order valence-corrected chi connectivity index (χ2v) is 5.49. The summed E-state index contributed by atoms with van der Waals surface area (Å²) in [6, 6.07) is 4.46. The molecule has 2 aliphatic heterocycles. The zero-order valence-corrected chi connectivity index (χ0v) is 11.0. The Morgan fingerprint density at radius 1 is 1.44 bits per heavy atom. The Morgan fingerprint density at radius 2 is 2.33 bits per heavy atom. The van der Waals surface area contributed by atoms with E-state index in [9.17, 15) is 4.79 Å². The minimum Gasteiger partial charge on any atom is -0.462 e. The predicted octanol–water partition coefficient (Wildman–Crippen LogP) is 3.02. The Morgan fingerprint density at radius 3 is 3.17 bits per heavy atom. The molecule has 1 aromatic rings. The average Bonchev–Trinajstić information content (AvgIpc) is 2.87. The van der Waals surface area contributed by atoms with Gasteiger partial charge < -0.3 is 9.30 Å². The van der Waals surface area contributed by atoms with Crippen LogP contribution >= 0.6 is 0 Å². The van der Waals surface area contributed by atoms with E-state index in [-0.39, 0.29) is 12.1 Å². The molecular weight excluding hydrogens is 226 g/mol. The summed E-state index contributed by atoms with van der Waals surface area (Å²) in [6.07, 6.45) is 6.47. The van der Waals surface area contributed by atoms with Crippen LogP contribution in [0.1, 0.15) is 56.3 Å². The summed E-state index contributed by atoms with van der Waals surface area (Å²) in [6.45, 7) is 3.32. The Labute approximate surface area is 108 Å². The summed E-state index contributed by atoms with van der Waals surface area (Å²) in [5, 5.41) is 0. The molecule has 3 nitrogen and oxygen atoms in total. The van der Waals surface area contributed by atoms with E-state index in [4.69, 9.17) is 4.74 Å². The lowest BCUT2D eigenvalue weighted by molar-refractivity contribution is -0.141. The molecule has 0 aromatic carbocycles. The number of hydrogen-bond acceptors (Lipinski definition) is 2. The van der Waals surface area contributed by atoms with E-state index in [1.54, 1.807) is 0 Å². The molecule has 98 valence electrons. The van der Waals surface area contributed by atoms with Crippen LogP contribution in [0.15, 0.2) is 12.1 Å². The number of aryl methyl sites for hydroxylation is 1. The van der Waals surface area contributed by atoms with Gasteiger partial charge in [0.05, 0.1) is 6.42 Å². The van der Waals surface area contributed by atoms with Crippen molar-refractivity contribution in [3.05, 3.63) is 23.5 Å². The van der Waals surface area contributed by atoms with Crippen molar-refractivity contribution in [3.63, 3.8) is 0 Å². The second kappa shape index (κ2) is 4.79. The van der Waals surface area contributed by atoms with Crippen molar-refractivity contribution in [2.75, 3.05) is 0 Å². The van der Waals surface area contributed by atoms with Gasteiger partial charge in [-0.05, 0) is 37.8 Å². The summed E-state index contributed by atoms with van der Waals surface area (Å²) in [4.78, 5) is 11.5. The number of fused-ring (bicyclic) bond motifs is 3. The molecule has 1 fully saturated rings. The number of nitrogens with zero attached hydrogens (tertiary/aromatic N) is 1. The molecule has 0 N–H and O–H groups in total. The van der Waals surface area contributed by atoms with E-state index in [1.165, 1.54) is 24.2 Å². The Balaban J connectivity index is 1.89. The summed E-state index contributed by atoms with van der Waals surface area (Å²) in [5.74, 6) is 0.283. The van der Waals surface area contributed by atoms with Crippen molar-refractivity contribution >= 4 is 5.97 Å². The van der Waals surface area contributed by atoms with Crippen molar-refractivity contribution in [2.45, 2.75) is 64.0 Å². The molecule has 0 spiro atoms. The van der Waals surface area contributed by atoms with Crippen LogP contribution in [0, 0.1) is 0 Å². The maximum absolute atomic E-state index is 11.5. The SMILES string of the molecule is CCCCc1ccc2n1CCC[C@H]1OC(=O)C[C@H]21. The van der Waals surface area contributed by atoms with E-state index >= 15 is 0 Å². The molecule has 0 aliphatic carbocycles. The molecule has 0 unspecified atom stereocenters. The number of carbonyl (C=O) groups is 1. The van der Waals surface area contributed by atoms with Crippen LogP contribution in [0.3, 0.4) is 0 Å². The molecule has 0 radical (unpaired) electrons. The second-order valence-electron chi connectivity index (χ2n) is 5.49. The molecule has 1 saturated heterocycles. The fraction of sp³-hybridized carbons (Fsp3) is 0.667. The maximum Gasteiger partial charge on any atom is 0.306 e. The third-order valence-electron chi connectivity index (χ3n) is 4.26. The Bertz CT molecular complexity index is 449. The number of esters is 1. The third-order valence-corrected chi connectivity index (χ3v) is 4.26. The largest absolute Gasteiger partial charge is 0.462 e. The van der Waals surface area contributed by atoms with Crippen molar-refractivity contribution in [2.24, 2.45) is 0 Å². The molecule has 2 atom stereocenters. The molecule has 18 heavy (non-hydrogen) atoms. The fourth-order valence-corrected chi connectivity index (χ4v) is 3.32. The van der Waals surface area contributed by atoms with Crippen LogP contribution in [0.25, 0.3) is 0 Å². The van der Waals surface area contributed by atoms with E-state index < -0.39 is 0 Å². The third kappa shape index (κ3) is 1.96. The Kier molecular flexibility index (Phi) is 3.14. The van der Waals surface area contributed by atoms with Gasteiger partial charge in [0.25, 0.3) is 0 Å². The van der Waals surface area contributed by atoms with Crippen molar-refractivity contribution in [1.82, 2.24) is 4.57 Å². The van der Waals surface area contributed by atoms with E-state index in [1.807, 2.05) is 0 Å². The highest BCUT2D eigenvalue weighted by Gasteiger charge is 2.38. The van der Waals surface area contributed by atoms with Gasteiger partial charge in [-0.1, -0.05) is 13.3 Å². The quantitative estimate of drug-likeness (QED) is 0.769. The number of rotatable bonds is 3. The summed E-state index contributed by atoms with van der Waals surface area (Å²) < 4.78 is 7.89. The lowest BCUT2D eigenvalue weighted by Crippen LogP contribution is -2.13. The smallest absolute Gasteiger partial charge is 0.306 e. The van der Waals surface area contributed by atoms with Gasteiger partial charge in [0, 0.05) is 23.9 Å². The van der Waals surface area contributed by atoms with Gasteiger partial charge in [0.15, 0.2) is 0 Å². The first-order chi connectivity index (χ1) is 8.79. The minimum atomic E-state index is -0.0187. The van der Waals surface area contributed by atoms with Gasteiger partial charge in [-0.15, -0.1) is 0 Å². The molecule has 0 bridgehead atoms. The first-order valence-corrected chi connectivity index (χ1v) is 7.17. The van der Waals surface area contributed by atoms with Crippen LogP contribution in [0.4, 0.5) is 0 Å². The zero-order valence-electron chi connectivity index (χ0n) is 11.0. The van der Waals surface area contributed by atoms with E-state index in [0.717, 1.165) is 25.8 Å². The van der Waals surface area contributed by atoms with Crippen LogP contribution in [0.5, 0.6) is 0 Å². The summed E-state index contributed by atoms with van der Waals surface area (Å²) in [7, 11) is 0. The summed E-state index contributed by atoms with van der Waals surface area (Å²) in [5.41, 5.74) is 2.77. The molecular formula is C15H21NO2. The van der Waals surface area contributed by atoms with Crippen LogP contribution in [-0.4, -0.2) is 16.6 Å². The first-order valence-electron chi connectivity index (χ1n) is 7.17. The van der Waals surface area contributed by atoms with E-state index in [2.05, 4.69) is 23.6 Å². The molecule has 1 aromatic heterocycles. The number of carbonyl (C=O) groups excluding carboxylic acids is 1. The van der Waals surface area contributed by atoms with Gasteiger partial charge in [-0.25, -0.2) is 0 Å². The minimum absolute atomic E-state index is 0.0187. The van der Waals surface area contributed by atoms with Crippen molar-refractivity contribution < 1.29 is 9.53 Å². The van der Waals surface area contributed by atoms with Gasteiger partial charge in [-0.2, -0.15) is 0 Å². The van der Waals surface area contributed by atoms with Crippen LogP contribution in [-0.2, 0) is 22.5 Å². The molecule has 0 amide bonds. The van der Waals surface area contributed by atoms with Crippen LogP contribution < -0.4 is 0 Å². The van der Waals surface area contributed by atoms with E-state index in [0.29, 0.717) is 12.3 Å². The molecule has 3 heteroatoms. The Hall–Kier alpha value is -1.25. The average molecular weight is 247 g/mol. The molecule has 0 saturated carbocycles. The monoisotopic (exact) mass is 247 g/mol. The number of hydrogen-bond donors (Lipinski definition) is 0.